The van der Waals surface area contributed by atoms with Crippen molar-refractivity contribution in [1.82, 2.24) is 4.31 Å². The second-order valence-corrected chi connectivity index (χ2v) is 6.72. The van der Waals surface area contributed by atoms with E-state index in [1.807, 2.05) is 13.8 Å². The van der Waals surface area contributed by atoms with E-state index >= 15 is 0 Å². The van der Waals surface area contributed by atoms with Crippen LogP contribution >= 0.6 is 11.6 Å². The molecule has 5 nitrogen and oxygen atoms in total. The van der Waals surface area contributed by atoms with Gasteiger partial charge in [-0.2, -0.15) is 4.31 Å². The largest absolute Gasteiger partial charge is 0.380 e. The third-order valence-corrected chi connectivity index (χ3v) is 5.09. The van der Waals surface area contributed by atoms with Gasteiger partial charge >= 0.3 is 0 Å². The average molecular weight is 354 g/mol. The summed E-state index contributed by atoms with van der Waals surface area (Å²) in [5, 5.41) is -0.226. The number of hydrogen-bond acceptors (Lipinski definition) is 4. The van der Waals surface area contributed by atoms with Crippen LogP contribution in [0.1, 0.15) is 13.8 Å². The van der Waals surface area contributed by atoms with Gasteiger partial charge in [-0.05, 0) is 32.0 Å². The molecule has 0 amide bonds. The third-order valence-electron chi connectivity index (χ3n) is 2.91. The van der Waals surface area contributed by atoms with Crippen LogP contribution in [-0.2, 0) is 19.5 Å². The molecular formula is C14H21ClFNO4S. The van der Waals surface area contributed by atoms with Gasteiger partial charge < -0.3 is 9.47 Å². The summed E-state index contributed by atoms with van der Waals surface area (Å²) in [6.45, 7) is 5.60. The van der Waals surface area contributed by atoms with Crippen LogP contribution in [0.5, 0.6) is 0 Å². The monoisotopic (exact) mass is 353 g/mol. The summed E-state index contributed by atoms with van der Waals surface area (Å²) in [4.78, 5) is -0.0492. The lowest BCUT2D eigenvalue weighted by Gasteiger charge is -2.22. The van der Waals surface area contributed by atoms with E-state index in [9.17, 15) is 12.8 Å². The van der Waals surface area contributed by atoms with Gasteiger partial charge in [-0.3, -0.25) is 0 Å². The van der Waals surface area contributed by atoms with Crippen molar-refractivity contribution < 1.29 is 22.3 Å². The van der Waals surface area contributed by atoms with Crippen molar-refractivity contribution in [1.29, 1.82) is 0 Å². The van der Waals surface area contributed by atoms with Crippen molar-refractivity contribution in [2.75, 3.05) is 39.5 Å². The van der Waals surface area contributed by atoms with Crippen LogP contribution in [0.25, 0.3) is 0 Å². The minimum Gasteiger partial charge on any atom is -0.380 e. The Morgan fingerprint density at radius 1 is 1.14 bits per heavy atom. The summed E-state index contributed by atoms with van der Waals surface area (Å²) >= 11 is 5.67. The van der Waals surface area contributed by atoms with E-state index in [2.05, 4.69) is 0 Å². The molecule has 0 atom stereocenters. The van der Waals surface area contributed by atoms with Crippen LogP contribution < -0.4 is 0 Å². The first-order valence-electron chi connectivity index (χ1n) is 7.04. The van der Waals surface area contributed by atoms with Crippen molar-refractivity contribution in [2.45, 2.75) is 18.7 Å². The normalized spacial score (nSPS) is 12.0. The summed E-state index contributed by atoms with van der Waals surface area (Å²) in [6.07, 6.45) is 0. The summed E-state index contributed by atoms with van der Waals surface area (Å²) in [6, 6.07) is 3.35. The number of ether oxygens (including phenoxy) is 2. The van der Waals surface area contributed by atoms with E-state index in [1.54, 1.807) is 0 Å². The average Bonchev–Trinajstić information content (AvgIpc) is 2.48. The zero-order chi connectivity index (χ0) is 16.6. The number of benzene rings is 1. The predicted molar refractivity (Wildman–Crippen MR) is 83.2 cm³/mol. The summed E-state index contributed by atoms with van der Waals surface area (Å²) < 4.78 is 50.1. The Hall–Kier alpha value is -0.730. The molecule has 0 heterocycles. The molecule has 0 saturated heterocycles. The maximum atomic E-state index is 13.2. The molecule has 0 saturated carbocycles. The van der Waals surface area contributed by atoms with Crippen LogP contribution in [0.2, 0.25) is 5.02 Å². The number of halogens is 2. The first-order valence-corrected chi connectivity index (χ1v) is 8.86. The van der Waals surface area contributed by atoms with Gasteiger partial charge in [0.15, 0.2) is 0 Å². The molecule has 1 aromatic rings. The number of rotatable bonds is 10. The first-order chi connectivity index (χ1) is 10.4. The Morgan fingerprint density at radius 2 is 1.68 bits per heavy atom. The SMILES string of the molecule is CCOCCN(CCOCC)S(=O)(=O)c1ccc(F)c(Cl)c1. The highest BCUT2D eigenvalue weighted by Crippen LogP contribution is 2.22. The van der Waals surface area contributed by atoms with Crippen molar-refractivity contribution in [3.63, 3.8) is 0 Å². The predicted octanol–water partition coefficient (Wildman–Crippen LogP) is 2.54. The summed E-state index contributed by atoms with van der Waals surface area (Å²) in [7, 11) is -3.78. The van der Waals surface area contributed by atoms with Gasteiger partial charge in [0.25, 0.3) is 0 Å². The molecule has 0 aliphatic heterocycles. The molecule has 0 aliphatic rings. The molecule has 0 N–H and O–H groups in total. The standard InChI is InChI=1S/C14H21ClFNO4S/c1-3-20-9-7-17(8-10-21-4-2)22(18,19)12-5-6-14(16)13(15)11-12/h5-6,11H,3-4,7-10H2,1-2H3. The maximum absolute atomic E-state index is 13.2. The molecule has 0 unspecified atom stereocenters. The molecule has 8 heteroatoms. The fraction of sp³-hybridized carbons (Fsp3) is 0.571. The second-order valence-electron chi connectivity index (χ2n) is 4.37. The minimum atomic E-state index is -3.78. The van der Waals surface area contributed by atoms with Gasteiger partial charge in [-0.25, -0.2) is 12.8 Å². The van der Waals surface area contributed by atoms with E-state index in [1.165, 1.54) is 10.4 Å². The highest BCUT2D eigenvalue weighted by Gasteiger charge is 2.24. The first kappa shape index (κ1) is 19.3. The van der Waals surface area contributed by atoms with Gasteiger partial charge in [0.2, 0.25) is 10.0 Å². The highest BCUT2D eigenvalue weighted by atomic mass is 35.5. The molecule has 0 aromatic heterocycles. The Bertz CT molecular complexity index is 558. The number of nitrogens with zero attached hydrogens (tertiary/aromatic N) is 1. The van der Waals surface area contributed by atoms with Crippen LogP contribution in [0.4, 0.5) is 4.39 Å². The molecule has 0 spiro atoms. The Morgan fingerprint density at radius 3 is 2.14 bits per heavy atom. The second kappa shape index (κ2) is 9.42. The summed E-state index contributed by atoms with van der Waals surface area (Å²) in [5.41, 5.74) is 0. The van der Waals surface area contributed by atoms with Crippen molar-refractivity contribution >= 4 is 21.6 Å². The zero-order valence-corrected chi connectivity index (χ0v) is 14.3. The molecule has 0 aliphatic carbocycles. The minimum absolute atomic E-state index is 0.0492. The molecule has 0 radical (unpaired) electrons. The summed E-state index contributed by atoms with van der Waals surface area (Å²) in [5.74, 6) is -0.657. The third kappa shape index (κ3) is 5.48. The lowest BCUT2D eigenvalue weighted by molar-refractivity contribution is 0.110. The quantitative estimate of drug-likeness (QED) is 0.606. The lowest BCUT2D eigenvalue weighted by Crippen LogP contribution is -2.36. The molecular weight excluding hydrogens is 333 g/mol. The van der Waals surface area contributed by atoms with E-state index < -0.39 is 15.8 Å². The van der Waals surface area contributed by atoms with Gasteiger partial charge in [-0.15, -0.1) is 0 Å². The van der Waals surface area contributed by atoms with Crippen LogP contribution in [0.3, 0.4) is 0 Å². The molecule has 126 valence electrons. The van der Waals surface area contributed by atoms with Gasteiger partial charge in [0, 0.05) is 26.3 Å². The topological polar surface area (TPSA) is 55.8 Å². The van der Waals surface area contributed by atoms with E-state index in [0.29, 0.717) is 13.2 Å². The lowest BCUT2D eigenvalue weighted by atomic mass is 10.3. The number of sulfonamides is 1. The fourth-order valence-corrected chi connectivity index (χ4v) is 3.44. The Kier molecular flexibility index (Phi) is 8.27. The molecule has 1 aromatic carbocycles. The molecule has 1 rings (SSSR count). The zero-order valence-electron chi connectivity index (χ0n) is 12.7. The van der Waals surface area contributed by atoms with Crippen LogP contribution in [0, 0.1) is 5.82 Å². The van der Waals surface area contributed by atoms with Crippen molar-refractivity contribution in [3.8, 4) is 0 Å². The van der Waals surface area contributed by atoms with Crippen LogP contribution in [-0.4, -0.2) is 52.2 Å². The number of hydrogen-bond donors (Lipinski definition) is 0. The molecule has 0 fully saturated rings. The van der Waals surface area contributed by atoms with Gasteiger partial charge in [0.1, 0.15) is 5.82 Å². The van der Waals surface area contributed by atoms with E-state index in [-0.39, 0.29) is 36.2 Å². The molecule has 0 bridgehead atoms. The van der Waals surface area contributed by atoms with Crippen molar-refractivity contribution in [2.24, 2.45) is 0 Å². The van der Waals surface area contributed by atoms with Crippen molar-refractivity contribution in [3.05, 3.63) is 29.0 Å². The smallest absolute Gasteiger partial charge is 0.243 e. The fourth-order valence-electron chi connectivity index (χ4n) is 1.76. The van der Waals surface area contributed by atoms with Gasteiger partial charge in [0.05, 0.1) is 23.1 Å². The maximum Gasteiger partial charge on any atom is 0.243 e. The van der Waals surface area contributed by atoms with E-state index in [0.717, 1.165) is 12.1 Å². The highest BCUT2D eigenvalue weighted by molar-refractivity contribution is 7.89. The van der Waals surface area contributed by atoms with E-state index in [4.69, 9.17) is 21.1 Å². The van der Waals surface area contributed by atoms with Crippen LogP contribution in [0.15, 0.2) is 23.1 Å². The van der Waals surface area contributed by atoms with Gasteiger partial charge in [-0.1, -0.05) is 11.6 Å². The Labute approximate surface area is 136 Å². The Balaban J connectivity index is 2.94. The molecule has 22 heavy (non-hydrogen) atoms.